The highest BCUT2D eigenvalue weighted by Gasteiger charge is 2.06. The molecule has 0 atom stereocenters. The zero-order valence-electron chi connectivity index (χ0n) is 9.11. The Kier molecular flexibility index (Phi) is 3.40. The SMILES string of the molecule is Cn1cnnc1CNc1cc(Cl)c(Cl)cc1N. The predicted molar refractivity (Wildman–Crippen MR) is 69.2 cm³/mol. The average Bonchev–Trinajstić information content (AvgIpc) is 2.68. The number of rotatable bonds is 3. The van der Waals surface area contributed by atoms with E-state index in [0.29, 0.717) is 22.3 Å². The molecule has 0 aliphatic heterocycles. The fourth-order valence-corrected chi connectivity index (χ4v) is 1.69. The summed E-state index contributed by atoms with van der Waals surface area (Å²) in [5, 5.41) is 11.8. The van der Waals surface area contributed by atoms with Crippen molar-refractivity contribution < 1.29 is 0 Å². The Morgan fingerprint density at radius 1 is 1.35 bits per heavy atom. The van der Waals surface area contributed by atoms with Crippen LogP contribution in [0.15, 0.2) is 18.5 Å². The van der Waals surface area contributed by atoms with Gasteiger partial charge < -0.3 is 15.6 Å². The molecule has 7 heteroatoms. The van der Waals surface area contributed by atoms with Gasteiger partial charge in [0.1, 0.15) is 6.33 Å². The van der Waals surface area contributed by atoms with E-state index in [2.05, 4.69) is 15.5 Å². The molecular formula is C10H11Cl2N5. The fourth-order valence-electron chi connectivity index (χ4n) is 1.36. The molecule has 0 bridgehead atoms. The van der Waals surface area contributed by atoms with Gasteiger partial charge in [0, 0.05) is 7.05 Å². The lowest BCUT2D eigenvalue weighted by molar-refractivity contribution is 0.812. The van der Waals surface area contributed by atoms with Gasteiger partial charge >= 0.3 is 0 Å². The molecule has 90 valence electrons. The lowest BCUT2D eigenvalue weighted by Gasteiger charge is -2.10. The summed E-state index contributed by atoms with van der Waals surface area (Å²) in [7, 11) is 1.87. The largest absolute Gasteiger partial charge is 0.397 e. The second-order valence-electron chi connectivity index (χ2n) is 3.57. The number of anilines is 2. The summed E-state index contributed by atoms with van der Waals surface area (Å²) in [6.45, 7) is 0.513. The summed E-state index contributed by atoms with van der Waals surface area (Å²) in [6.07, 6.45) is 1.63. The van der Waals surface area contributed by atoms with Crippen LogP contribution < -0.4 is 11.1 Å². The molecule has 5 nitrogen and oxygen atoms in total. The van der Waals surface area contributed by atoms with Crippen LogP contribution in [0, 0.1) is 0 Å². The van der Waals surface area contributed by atoms with Gasteiger partial charge in [-0.05, 0) is 12.1 Å². The number of nitrogen functional groups attached to an aromatic ring is 1. The summed E-state index contributed by atoms with van der Waals surface area (Å²) in [4.78, 5) is 0. The lowest BCUT2D eigenvalue weighted by Crippen LogP contribution is -2.07. The van der Waals surface area contributed by atoms with Crippen molar-refractivity contribution >= 4 is 34.6 Å². The standard InChI is InChI=1S/C10H11Cl2N5/c1-17-5-15-16-10(17)4-14-9-3-7(12)6(11)2-8(9)13/h2-3,5,14H,4,13H2,1H3. The molecule has 0 saturated carbocycles. The number of aryl methyl sites for hydroxylation is 1. The number of halogens is 2. The topological polar surface area (TPSA) is 68.8 Å². The molecule has 1 aromatic heterocycles. The van der Waals surface area contributed by atoms with E-state index in [1.807, 2.05) is 11.6 Å². The molecule has 1 heterocycles. The maximum absolute atomic E-state index is 5.92. The molecule has 0 unspecified atom stereocenters. The highest BCUT2D eigenvalue weighted by atomic mass is 35.5. The summed E-state index contributed by atoms with van der Waals surface area (Å²) in [5.41, 5.74) is 7.09. The van der Waals surface area contributed by atoms with Crippen LogP contribution in [0.25, 0.3) is 0 Å². The van der Waals surface area contributed by atoms with Crippen molar-refractivity contribution in [3.05, 3.63) is 34.3 Å². The monoisotopic (exact) mass is 271 g/mol. The first-order valence-corrected chi connectivity index (χ1v) is 5.65. The molecule has 3 N–H and O–H groups in total. The Bertz CT molecular complexity index is 537. The Labute approximate surface area is 109 Å². The van der Waals surface area contributed by atoms with E-state index in [-0.39, 0.29) is 0 Å². The van der Waals surface area contributed by atoms with Crippen LogP contribution in [0.3, 0.4) is 0 Å². The fraction of sp³-hybridized carbons (Fsp3) is 0.200. The predicted octanol–water partition coefficient (Wildman–Crippen LogP) is 2.32. The maximum atomic E-state index is 5.92. The minimum atomic E-state index is 0.438. The second kappa shape index (κ2) is 4.81. The van der Waals surface area contributed by atoms with Gasteiger partial charge in [-0.3, -0.25) is 0 Å². The Morgan fingerprint density at radius 3 is 2.71 bits per heavy atom. The molecule has 0 saturated heterocycles. The van der Waals surface area contributed by atoms with Crippen LogP contribution >= 0.6 is 23.2 Å². The molecule has 17 heavy (non-hydrogen) atoms. The van der Waals surface area contributed by atoms with E-state index in [0.717, 1.165) is 11.5 Å². The summed E-state index contributed by atoms with van der Waals surface area (Å²) in [5.74, 6) is 0.801. The van der Waals surface area contributed by atoms with Gasteiger partial charge in [-0.1, -0.05) is 23.2 Å². The van der Waals surface area contributed by atoms with Crippen LogP contribution in [0.5, 0.6) is 0 Å². The molecule has 0 fully saturated rings. The van der Waals surface area contributed by atoms with E-state index >= 15 is 0 Å². The molecular weight excluding hydrogens is 261 g/mol. The van der Waals surface area contributed by atoms with E-state index < -0.39 is 0 Å². The highest BCUT2D eigenvalue weighted by Crippen LogP contribution is 2.30. The van der Waals surface area contributed by atoms with Gasteiger partial charge in [0.2, 0.25) is 0 Å². The van der Waals surface area contributed by atoms with Gasteiger partial charge in [-0.15, -0.1) is 10.2 Å². The first kappa shape index (κ1) is 12.0. The number of hydrogen-bond acceptors (Lipinski definition) is 4. The van der Waals surface area contributed by atoms with Gasteiger partial charge in [0.25, 0.3) is 0 Å². The number of aromatic nitrogens is 3. The third-order valence-corrected chi connectivity index (χ3v) is 3.06. The summed E-state index contributed by atoms with van der Waals surface area (Å²) in [6, 6.07) is 3.30. The third kappa shape index (κ3) is 2.62. The van der Waals surface area contributed by atoms with Crippen LogP contribution in [0.4, 0.5) is 11.4 Å². The van der Waals surface area contributed by atoms with Crippen molar-refractivity contribution in [2.45, 2.75) is 6.54 Å². The smallest absolute Gasteiger partial charge is 0.151 e. The van der Waals surface area contributed by atoms with Crippen molar-refractivity contribution in [3.8, 4) is 0 Å². The molecule has 0 amide bonds. The first-order valence-electron chi connectivity index (χ1n) is 4.89. The van der Waals surface area contributed by atoms with Crippen LogP contribution in [0.2, 0.25) is 10.0 Å². The van der Waals surface area contributed by atoms with Crippen molar-refractivity contribution in [3.63, 3.8) is 0 Å². The number of hydrogen-bond donors (Lipinski definition) is 2. The van der Waals surface area contributed by atoms with Gasteiger partial charge in [-0.25, -0.2) is 0 Å². The maximum Gasteiger partial charge on any atom is 0.151 e. The zero-order chi connectivity index (χ0) is 12.4. The molecule has 0 radical (unpaired) electrons. The third-order valence-electron chi connectivity index (χ3n) is 2.33. The Hall–Kier alpha value is -1.46. The normalized spacial score (nSPS) is 10.5. The molecule has 0 aliphatic carbocycles. The molecule has 0 aliphatic rings. The lowest BCUT2D eigenvalue weighted by atomic mass is 10.2. The number of nitrogens with zero attached hydrogens (tertiary/aromatic N) is 3. The van der Waals surface area contributed by atoms with Crippen LogP contribution in [-0.4, -0.2) is 14.8 Å². The van der Waals surface area contributed by atoms with Crippen molar-refractivity contribution in [1.29, 1.82) is 0 Å². The van der Waals surface area contributed by atoms with Crippen molar-refractivity contribution in [2.24, 2.45) is 7.05 Å². The molecule has 2 aromatic rings. The number of nitrogens with two attached hydrogens (primary N) is 1. The minimum absolute atomic E-state index is 0.438. The van der Waals surface area contributed by atoms with E-state index in [4.69, 9.17) is 28.9 Å². The second-order valence-corrected chi connectivity index (χ2v) is 4.38. The minimum Gasteiger partial charge on any atom is -0.397 e. The number of nitrogens with one attached hydrogen (secondary N) is 1. The molecule has 2 rings (SSSR count). The first-order chi connectivity index (χ1) is 8.08. The zero-order valence-corrected chi connectivity index (χ0v) is 10.6. The van der Waals surface area contributed by atoms with E-state index in [1.54, 1.807) is 18.5 Å². The Morgan fingerprint density at radius 2 is 2.06 bits per heavy atom. The van der Waals surface area contributed by atoms with Gasteiger partial charge in [-0.2, -0.15) is 0 Å². The average molecular weight is 272 g/mol. The van der Waals surface area contributed by atoms with Gasteiger partial charge in [0.05, 0.1) is 28.0 Å². The van der Waals surface area contributed by atoms with Crippen molar-refractivity contribution in [2.75, 3.05) is 11.1 Å². The quantitative estimate of drug-likeness (QED) is 0.841. The molecule has 1 aromatic carbocycles. The number of benzene rings is 1. The highest BCUT2D eigenvalue weighted by molar-refractivity contribution is 6.42. The van der Waals surface area contributed by atoms with Gasteiger partial charge in [0.15, 0.2) is 5.82 Å². The van der Waals surface area contributed by atoms with Crippen LogP contribution in [0.1, 0.15) is 5.82 Å². The van der Waals surface area contributed by atoms with E-state index in [1.165, 1.54) is 0 Å². The summed E-state index contributed by atoms with van der Waals surface area (Å²) < 4.78 is 1.82. The summed E-state index contributed by atoms with van der Waals surface area (Å²) >= 11 is 11.8. The van der Waals surface area contributed by atoms with E-state index in [9.17, 15) is 0 Å². The Balaban J connectivity index is 2.14. The molecule has 0 spiro atoms. The van der Waals surface area contributed by atoms with Crippen LogP contribution in [-0.2, 0) is 13.6 Å². The van der Waals surface area contributed by atoms with Crippen molar-refractivity contribution in [1.82, 2.24) is 14.8 Å².